The molecule has 0 aliphatic carbocycles. The Labute approximate surface area is 184 Å². The van der Waals surface area contributed by atoms with Gasteiger partial charge in [0.2, 0.25) is 0 Å². The van der Waals surface area contributed by atoms with Gasteiger partial charge in [-0.2, -0.15) is 0 Å². The molecule has 1 aromatic carbocycles. The van der Waals surface area contributed by atoms with Crippen molar-refractivity contribution in [3.05, 3.63) is 48.0 Å². The summed E-state index contributed by atoms with van der Waals surface area (Å²) in [6.07, 6.45) is 8.11. The summed E-state index contributed by atoms with van der Waals surface area (Å²) in [6.45, 7) is 8.77. The SMILES string of the molecule is CCCCCc1cc(F)cc(-c2cncc(OCC3CCN3C(=O)OC(C)(C)C)c2)c1. The standard InChI is InChI=1S/C25H33FN2O3/c1-5-6-7-8-18-11-19(13-21(26)12-18)20-14-23(16-27-15-20)30-17-22-9-10-28(22)24(29)31-25(2,3)4/h11-16,22H,5-10,17H2,1-4H3. The molecule has 1 saturated heterocycles. The van der Waals surface area contributed by atoms with Crippen LogP contribution in [0.25, 0.3) is 11.1 Å². The van der Waals surface area contributed by atoms with Gasteiger partial charge in [-0.1, -0.05) is 25.8 Å². The number of benzene rings is 1. The Bertz CT molecular complexity index is 895. The van der Waals surface area contributed by atoms with Gasteiger partial charge < -0.3 is 14.4 Å². The highest BCUT2D eigenvalue weighted by Crippen LogP contribution is 2.27. The second kappa shape index (κ2) is 10.1. The van der Waals surface area contributed by atoms with E-state index in [1.54, 1.807) is 23.4 Å². The smallest absolute Gasteiger partial charge is 0.410 e. The number of hydrogen-bond donors (Lipinski definition) is 0. The number of aromatic nitrogens is 1. The second-order valence-corrected chi connectivity index (χ2v) is 9.14. The fraction of sp³-hybridized carbons (Fsp3) is 0.520. The Morgan fingerprint density at radius 3 is 2.65 bits per heavy atom. The zero-order valence-corrected chi connectivity index (χ0v) is 19.0. The highest BCUT2D eigenvalue weighted by atomic mass is 19.1. The summed E-state index contributed by atoms with van der Waals surface area (Å²) in [5.41, 5.74) is 2.09. The Hall–Kier alpha value is -2.63. The first-order valence-electron chi connectivity index (χ1n) is 11.1. The van der Waals surface area contributed by atoms with Crippen molar-refractivity contribution in [3.8, 4) is 16.9 Å². The van der Waals surface area contributed by atoms with E-state index >= 15 is 0 Å². The molecule has 0 bridgehead atoms. The van der Waals surface area contributed by atoms with Crippen molar-refractivity contribution in [2.75, 3.05) is 13.2 Å². The number of nitrogens with zero attached hydrogens (tertiary/aromatic N) is 2. The van der Waals surface area contributed by atoms with E-state index in [1.807, 2.05) is 32.9 Å². The quantitative estimate of drug-likeness (QED) is 0.483. The molecule has 6 heteroatoms. The Morgan fingerprint density at radius 2 is 1.97 bits per heavy atom. The minimum atomic E-state index is -0.517. The van der Waals surface area contributed by atoms with E-state index in [0.717, 1.165) is 48.8 Å². The first-order valence-corrected chi connectivity index (χ1v) is 11.1. The molecule has 1 aliphatic heterocycles. The number of likely N-dealkylation sites (tertiary alicyclic amines) is 1. The van der Waals surface area contributed by atoms with Gasteiger partial charge in [-0.3, -0.25) is 4.98 Å². The van der Waals surface area contributed by atoms with Crippen LogP contribution in [0.15, 0.2) is 36.7 Å². The fourth-order valence-electron chi connectivity index (χ4n) is 3.56. The lowest BCUT2D eigenvalue weighted by Gasteiger charge is -2.40. The molecule has 0 spiro atoms. The predicted octanol–water partition coefficient (Wildman–Crippen LogP) is 6.01. The summed E-state index contributed by atoms with van der Waals surface area (Å²) >= 11 is 0. The minimum absolute atomic E-state index is 0.0159. The van der Waals surface area contributed by atoms with Crippen LogP contribution in [0.3, 0.4) is 0 Å². The summed E-state index contributed by atoms with van der Waals surface area (Å²) in [4.78, 5) is 18.2. The number of halogens is 1. The molecule has 1 unspecified atom stereocenters. The number of aryl methyl sites for hydroxylation is 1. The number of amides is 1. The molecule has 1 atom stereocenters. The number of hydrogen-bond acceptors (Lipinski definition) is 4. The van der Waals surface area contributed by atoms with E-state index in [2.05, 4.69) is 11.9 Å². The molecule has 0 saturated carbocycles. The maximum absolute atomic E-state index is 14.2. The highest BCUT2D eigenvalue weighted by Gasteiger charge is 2.35. The summed E-state index contributed by atoms with van der Waals surface area (Å²) in [5, 5.41) is 0. The van der Waals surface area contributed by atoms with Crippen molar-refractivity contribution >= 4 is 6.09 Å². The van der Waals surface area contributed by atoms with Crippen LogP contribution in [0.4, 0.5) is 9.18 Å². The average Bonchev–Trinajstić information content (AvgIpc) is 2.66. The van der Waals surface area contributed by atoms with E-state index in [0.29, 0.717) is 18.9 Å². The molecular weight excluding hydrogens is 395 g/mol. The fourth-order valence-corrected chi connectivity index (χ4v) is 3.56. The lowest BCUT2D eigenvalue weighted by atomic mass is 10.0. The molecule has 2 aromatic rings. The largest absolute Gasteiger partial charge is 0.490 e. The Morgan fingerprint density at radius 1 is 1.16 bits per heavy atom. The monoisotopic (exact) mass is 428 g/mol. The number of ether oxygens (including phenoxy) is 2. The van der Waals surface area contributed by atoms with Crippen molar-refractivity contribution in [1.29, 1.82) is 0 Å². The van der Waals surface area contributed by atoms with Crippen LogP contribution >= 0.6 is 0 Å². The Kier molecular flexibility index (Phi) is 7.52. The van der Waals surface area contributed by atoms with Crippen molar-refractivity contribution in [1.82, 2.24) is 9.88 Å². The van der Waals surface area contributed by atoms with Crippen LogP contribution in [0.1, 0.15) is 58.9 Å². The van der Waals surface area contributed by atoms with Gasteiger partial charge in [-0.05, 0) is 69.4 Å². The number of carbonyl (C=O) groups is 1. The van der Waals surface area contributed by atoms with Gasteiger partial charge in [0.1, 0.15) is 23.8 Å². The number of rotatable bonds is 8. The second-order valence-electron chi connectivity index (χ2n) is 9.14. The molecule has 1 aromatic heterocycles. The van der Waals surface area contributed by atoms with Crippen molar-refractivity contribution < 1.29 is 18.7 Å². The Balaban J connectivity index is 1.63. The zero-order chi connectivity index (χ0) is 22.4. The number of unbranched alkanes of at least 4 members (excludes halogenated alkanes) is 2. The number of pyridine rings is 1. The molecule has 1 aliphatic rings. The molecule has 1 amide bonds. The van der Waals surface area contributed by atoms with Gasteiger partial charge in [0.25, 0.3) is 0 Å². The normalized spacial score (nSPS) is 16.0. The van der Waals surface area contributed by atoms with Gasteiger partial charge in [0, 0.05) is 18.3 Å². The summed E-state index contributed by atoms with van der Waals surface area (Å²) in [5.74, 6) is 0.364. The van der Waals surface area contributed by atoms with Crippen LogP contribution in [0.5, 0.6) is 5.75 Å². The van der Waals surface area contributed by atoms with Crippen molar-refractivity contribution in [2.45, 2.75) is 71.4 Å². The molecule has 1 fully saturated rings. The van der Waals surface area contributed by atoms with Crippen LogP contribution < -0.4 is 4.74 Å². The van der Waals surface area contributed by atoms with Gasteiger partial charge in [0.15, 0.2) is 0 Å². The van der Waals surface area contributed by atoms with E-state index in [1.165, 1.54) is 6.07 Å². The van der Waals surface area contributed by atoms with Crippen LogP contribution in [-0.4, -0.2) is 40.8 Å². The van der Waals surface area contributed by atoms with Crippen LogP contribution in [0.2, 0.25) is 0 Å². The van der Waals surface area contributed by atoms with Gasteiger partial charge in [0.05, 0.1) is 12.2 Å². The molecule has 3 rings (SSSR count). The van der Waals surface area contributed by atoms with Crippen LogP contribution in [-0.2, 0) is 11.2 Å². The van der Waals surface area contributed by atoms with E-state index in [4.69, 9.17) is 9.47 Å². The third-order valence-corrected chi connectivity index (χ3v) is 5.29. The average molecular weight is 429 g/mol. The summed E-state index contributed by atoms with van der Waals surface area (Å²) in [7, 11) is 0. The topological polar surface area (TPSA) is 51.7 Å². The van der Waals surface area contributed by atoms with Gasteiger partial charge >= 0.3 is 6.09 Å². The summed E-state index contributed by atoms with van der Waals surface area (Å²) < 4.78 is 25.5. The minimum Gasteiger partial charge on any atom is -0.490 e. The maximum Gasteiger partial charge on any atom is 0.410 e. The van der Waals surface area contributed by atoms with Crippen molar-refractivity contribution in [3.63, 3.8) is 0 Å². The first-order chi connectivity index (χ1) is 14.7. The molecule has 31 heavy (non-hydrogen) atoms. The van der Waals surface area contributed by atoms with E-state index < -0.39 is 5.60 Å². The summed E-state index contributed by atoms with van der Waals surface area (Å²) in [6, 6.07) is 7.01. The molecule has 0 radical (unpaired) electrons. The lowest BCUT2D eigenvalue weighted by molar-refractivity contribution is -0.0141. The molecule has 5 nitrogen and oxygen atoms in total. The third kappa shape index (κ3) is 6.68. The molecule has 2 heterocycles. The van der Waals surface area contributed by atoms with Crippen LogP contribution in [0, 0.1) is 5.82 Å². The predicted molar refractivity (Wildman–Crippen MR) is 120 cm³/mol. The molecular formula is C25H33FN2O3. The maximum atomic E-state index is 14.2. The van der Waals surface area contributed by atoms with Crippen molar-refractivity contribution in [2.24, 2.45) is 0 Å². The number of carbonyl (C=O) groups excluding carboxylic acids is 1. The zero-order valence-electron chi connectivity index (χ0n) is 19.0. The molecule has 168 valence electrons. The van der Waals surface area contributed by atoms with E-state index in [-0.39, 0.29) is 18.0 Å². The first kappa shape index (κ1) is 23.0. The highest BCUT2D eigenvalue weighted by molar-refractivity contribution is 5.69. The van der Waals surface area contributed by atoms with Gasteiger partial charge in [-0.25, -0.2) is 9.18 Å². The van der Waals surface area contributed by atoms with Gasteiger partial charge in [-0.15, -0.1) is 0 Å². The molecule has 0 N–H and O–H groups in total. The third-order valence-electron chi connectivity index (χ3n) is 5.29. The lowest BCUT2D eigenvalue weighted by Crippen LogP contribution is -2.55. The van der Waals surface area contributed by atoms with E-state index in [9.17, 15) is 9.18 Å².